The lowest BCUT2D eigenvalue weighted by Crippen LogP contribution is -2.36. The minimum absolute atomic E-state index is 0.200. The lowest BCUT2D eigenvalue weighted by Gasteiger charge is -2.28. The number of anilines is 1. The number of hydrogen-bond donors (Lipinski definition) is 0. The number of benzene rings is 3. The molecule has 1 aliphatic rings. The summed E-state index contributed by atoms with van der Waals surface area (Å²) in [5, 5.41) is 9.99. The number of rotatable bonds is 6. The topological polar surface area (TPSA) is 57.8 Å². The molecule has 0 radical (unpaired) electrons. The first-order valence-corrected chi connectivity index (χ1v) is 11.0. The van der Waals surface area contributed by atoms with Crippen LogP contribution in [0.2, 0.25) is 10.0 Å². The maximum atomic E-state index is 9.22. The number of ether oxygens (including phenoxy) is 2. The smallest absolute Gasteiger partial charge is 0.157 e. The summed E-state index contributed by atoms with van der Waals surface area (Å²) in [5.41, 5.74) is 4.10. The monoisotopic (exact) mass is 465 g/mol. The maximum Gasteiger partial charge on any atom is 0.157 e. The van der Waals surface area contributed by atoms with Crippen LogP contribution >= 0.6 is 23.2 Å². The van der Waals surface area contributed by atoms with E-state index < -0.39 is 0 Å². The van der Waals surface area contributed by atoms with Crippen molar-refractivity contribution in [3.05, 3.63) is 87.4 Å². The van der Waals surface area contributed by atoms with Crippen LogP contribution in [0.4, 0.5) is 11.4 Å². The molecule has 0 unspecified atom stereocenters. The van der Waals surface area contributed by atoms with Crippen molar-refractivity contribution in [2.45, 2.75) is 6.61 Å². The van der Waals surface area contributed by atoms with Crippen LogP contribution in [-0.4, -0.2) is 32.5 Å². The van der Waals surface area contributed by atoms with Crippen molar-refractivity contribution >= 4 is 40.8 Å². The van der Waals surface area contributed by atoms with Crippen LogP contribution in [0.5, 0.6) is 5.75 Å². The van der Waals surface area contributed by atoms with Crippen LogP contribution in [0.1, 0.15) is 16.7 Å². The molecule has 0 aromatic heterocycles. The van der Waals surface area contributed by atoms with Crippen LogP contribution in [-0.2, 0) is 11.3 Å². The summed E-state index contributed by atoms with van der Waals surface area (Å²) in [7, 11) is 0. The first-order chi connectivity index (χ1) is 15.6. The molecule has 4 rings (SSSR count). The van der Waals surface area contributed by atoms with Gasteiger partial charge in [-0.2, -0.15) is 5.26 Å². The fraction of sp³-hybridized carbons (Fsp3) is 0.200. The highest BCUT2D eigenvalue weighted by Gasteiger charge is 2.12. The van der Waals surface area contributed by atoms with Crippen molar-refractivity contribution in [2.24, 2.45) is 4.99 Å². The van der Waals surface area contributed by atoms with Gasteiger partial charge in [0.1, 0.15) is 6.61 Å². The fourth-order valence-electron chi connectivity index (χ4n) is 3.42. The zero-order chi connectivity index (χ0) is 22.3. The summed E-state index contributed by atoms with van der Waals surface area (Å²) >= 11 is 12.8. The Bertz CT molecular complexity index is 1130. The molecular formula is C25H21Cl2N3O2. The van der Waals surface area contributed by atoms with Gasteiger partial charge in [-0.1, -0.05) is 41.4 Å². The van der Waals surface area contributed by atoms with E-state index in [1.165, 1.54) is 0 Å². The number of nitriles is 1. The zero-order valence-corrected chi connectivity index (χ0v) is 18.8. The third-order valence-corrected chi connectivity index (χ3v) is 5.68. The van der Waals surface area contributed by atoms with Gasteiger partial charge in [-0.15, -0.1) is 0 Å². The molecule has 3 aromatic carbocycles. The number of morpholine rings is 1. The Labute approximate surface area is 197 Å². The second-order valence-corrected chi connectivity index (χ2v) is 8.06. The lowest BCUT2D eigenvalue weighted by atomic mass is 10.1. The average Bonchev–Trinajstić information content (AvgIpc) is 2.83. The van der Waals surface area contributed by atoms with Gasteiger partial charge in [0, 0.05) is 30.6 Å². The van der Waals surface area contributed by atoms with E-state index in [4.69, 9.17) is 32.7 Å². The minimum atomic E-state index is 0.200. The molecule has 7 heteroatoms. The Morgan fingerprint density at radius 3 is 2.41 bits per heavy atom. The van der Waals surface area contributed by atoms with Gasteiger partial charge in [0.15, 0.2) is 5.75 Å². The van der Waals surface area contributed by atoms with Crippen molar-refractivity contribution in [3.63, 3.8) is 0 Å². The summed E-state index contributed by atoms with van der Waals surface area (Å²) in [6.07, 6.45) is 1.72. The van der Waals surface area contributed by atoms with Crippen molar-refractivity contribution < 1.29 is 9.47 Å². The van der Waals surface area contributed by atoms with E-state index >= 15 is 0 Å². The van der Waals surface area contributed by atoms with Crippen LogP contribution < -0.4 is 9.64 Å². The zero-order valence-electron chi connectivity index (χ0n) is 17.3. The number of nitrogens with zero attached hydrogens (tertiary/aromatic N) is 3. The van der Waals surface area contributed by atoms with E-state index in [1.807, 2.05) is 30.3 Å². The second-order valence-electron chi connectivity index (χ2n) is 7.25. The molecule has 162 valence electrons. The molecule has 0 aliphatic carbocycles. The maximum absolute atomic E-state index is 9.22. The Hall–Kier alpha value is -3.04. The summed E-state index contributed by atoms with van der Waals surface area (Å²) in [4.78, 5) is 6.82. The highest BCUT2D eigenvalue weighted by Crippen LogP contribution is 2.35. The third kappa shape index (κ3) is 5.41. The van der Waals surface area contributed by atoms with Gasteiger partial charge < -0.3 is 14.4 Å². The fourth-order valence-corrected chi connectivity index (χ4v) is 4.03. The van der Waals surface area contributed by atoms with Gasteiger partial charge in [0.2, 0.25) is 0 Å². The van der Waals surface area contributed by atoms with Gasteiger partial charge in [0.05, 0.1) is 40.6 Å². The van der Waals surface area contributed by atoms with Gasteiger partial charge in [-0.05, 0) is 48.0 Å². The number of halogens is 2. The van der Waals surface area contributed by atoms with Crippen LogP contribution in [0.3, 0.4) is 0 Å². The molecule has 3 aromatic rings. The largest absolute Gasteiger partial charge is 0.486 e. The predicted octanol–water partition coefficient (Wildman–Crippen LogP) is 6.03. The minimum Gasteiger partial charge on any atom is -0.486 e. The molecule has 0 bridgehead atoms. The SMILES string of the molecule is N#Cc1ccccc1COc1c(Cl)cc(C=Nc2ccc(N3CCOCC3)cc2)cc1Cl. The lowest BCUT2D eigenvalue weighted by molar-refractivity contribution is 0.122. The molecule has 0 saturated carbocycles. The highest BCUT2D eigenvalue weighted by molar-refractivity contribution is 6.37. The third-order valence-electron chi connectivity index (χ3n) is 5.12. The molecule has 0 spiro atoms. The Kier molecular flexibility index (Phi) is 7.28. The quantitative estimate of drug-likeness (QED) is 0.416. The number of aliphatic imine (C=N–C) groups is 1. The molecule has 0 atom stereocenters. The molecule has 1 fully saturated rings. The summed E-state index contributed by atoms with van der Waals surface area (Å²) < 4.78 is 11.2. The average molecular weight is 466 g/mol. The van der Waals surface area contributed by atoms with E-state index in [2.05, 4.69) is 28.1 Å². The highest BCUT2D eigenvalue weighted by atomic mass is 35.5. The van der Waals surface area contributed by atoms with Gasteiger partial charge >= 0.3 is 0 Å². The molecule has 1 heterocycles. The van der Waals surface area contributed by atoms with Crippen molar-refractivity contribution in [1.29, 1.82) is 5.26 Å². The van der Waals surface area contributed by atoms with Crippen LogP contribution in [0.15, 0.2) is 65.7 Å². The molecule has 32 heavy (non-hydrogen) atoms. The van der Waals surface area contributed by atoms with E-state index in [0.29, 0.717) is 21.4 Å². The van der Waals surface area contributed by atoms with E-state index in [1.54, 1.807) is 24.4 Å². The first kappa shape index (κ1) is 22.2. The van der Waals surface area contributed by atoms with Crippen molar-refractivity contribution in [2.75, 3.05) is 31.2 Å². The van der Waals surface area contributed by atoms with Crippen LogP contribution in [0, 0.1) is 11.3 Å². The molecule has 5 nitrogen and oxygen atoms in total. The van der Waals surface area contributed by atoms with Gasteiger partial charge in [0.25, 0.3) is 0 Å². The standard InChI is InChI=1S/C25H21Cl2N3O2/c26-23-13-18(14-24(27)25(23)32-17-20-4-2-1-3-19(20)15-28)16-29-21-5-7-22(8-6-21)30-9-11-31-12-10-30/h1-8,13-14,16H,9-12,17H2. The second kappa shape index (κ2) is 10.5. The van der Waals surface area contributed by atoms with Gasteiger partial charge in [-0.25, -0.2) is 0 Å². The van der Waals surface area contributed by atoms with Crippen molar-refractivity contribution in [1.82, 2.24) is 0 Å². The Morgan fingerprint density at radius 1 is 1.03 bits per heavy atom. The Balaban J connectivity index is 1.43. The van der Waals surface area contributed by atoms with Gasteiger partial charge in [-0.3, -0.25) is 4.99 Å². The van der Waals surface area contributed by atoms with E-state index in [9.17, 15) is 5.26 Å². The molecule has 0 N–H and O–H groups in total. The predicted molar refractivity (Wildman–Crippen MR) is 129 cm³/mol. The summed E-state index contributed by atoms with van der Waals surface area (Å²) in [6, 6.07) is 21.0. The molecule has 1 saturated heterocycles. The normalized spacial score (nSPS) is 13.8. The van der Waals surface area contributed by atoms with E-state index in [0.717, 1.165) is 48.8 Å². The van der Waals surface area contributed by atoms with Crippen LogP contribution in [0.25, 0.3) is 0 Å². The molecular weight excluding hydrogens is 445 g/mol. The van der Waals surface area contributed by atoms with Crippen molar-refractivity contribution in [3.8, 4) is 11.8 Å². The molecule has 1 aliphatic heterocycles. The first-order valence-electron chi connectivity index (χ1n) is 10.2. The summed E-state index contributed by atoms with van der Waals surface area (Å²) in [6.45, 7) is 3.51. The number of hydrogen-bond acceptors (Lipinski definition) is 5. The van der Waals surface area contributed by atoms with E-state index in [-0.39, 0.29) is 6.61 Å². The summed E-state index contributed by atoms with van der Waals surface area (Å²) in [5.74, 6) is 0.382. The Morgan fingerprint density at radius 2 is 1.72 bits per heavy atom. The molecule has 0 amide bonds.